The SMILES string of the molecule is Cc1ccc([NH3+])cc1.O=S(=O)([O-])c1ccc(O)cc1. The normalized spacial score (nSPS) is 10.5. The van der Waals surface area contributed by atoms with E-state index in [1.54, 1.807) is 0 Å². The first-order chi connectivity index (χ1) is 8.79. The molecule has 102 valence electrons. The van der Waals surface area contributed by atoms with Crippen molar-refractivity contribution in [1.29, 1.82) is 0 Å². The van der Waals surface area contributed by atoms with Crippen LogP contribution in [0.4, 0.5) is 5.69 Å². The molecular formula is C13H15NO4S. The van der Waals surface area contributed by atoms with Gasteiger partial charge in [-0.25, -0.2) is 8.42 Å². The molecule has 0 amide bonds. The summed E-state index contributed by atoms with van der Waals surface area (Å²) in [5.41, 5.74) is 6.13. The van der Waals surface area contributed by atoms with Crippen LogP contribution < -0.4 is 5.73 Å². The Morgan fingerprint density at radius 3 is 1.84 bits per heavy atom. The first-order valence-electron chi connectivity index (χ1n) is 5.42. The number of phenols is 1. The average molecular weight is 281 g/mol. The number of aromatic hydroxyl groups is 1. The topological polar surface area (TPSA) is 105 Å². The zero-order valence-electron chi connectivity index (χ0n) is 10.4. The molecular weight excluding hydrogens is 266 g/mol. The summed E-state index contributed by atoms with van der Waals surface area (Å²) >= 11 is 0. The molecule has 0 aliphatic heterocycles. The van der Waals surface area contributed by atoms with Crippen LogP contribution in [0, 0.1) is 6.92 Å². The fourth-order valence-electron chi connectivity index (χ4n) is 1.20. The van der Waals surface area contributed by atoms with Gasteiger partial charge >= 0.3 is 0 Å². The van der Waals surface area contributed by atoms with Gasteiger partial charge in [-0.15, -0.1) is 0 Å². The Balaban J connectivity index is 0.000000200. The van der Waals surface area contributed by atoms with Crippen molar-refractivity contribution in [3.05, 3.63) is 54.1 Å². The van der Waals surface area contributed by atoms with Gasteiger partial charge in [-0.1, -0.05) is 17.7 Å². The van der Waals surface area contributed by atoms with E-state index in [1.165, 1.54) is 5.56 Å². The van der Waals surface area contributed by atoms with Crippen molar-refractivity contribution in [2.75, 3.05) is 0 Å². The predicted octanol–water partition coefficient (Wildman–Crippen LogP) is 1.16. The number of benzene rings is 2. The Morgan fingerprint density at radius 1 is 1.00 bits per heavy atom. The molecule has 19 heavy (non-hydrogen) atoms. The second-order valence-corrected chi connectivity index (χ2v) is 5.31. The second-order valence-electron chi connectivity index (χ2n) is 3.93. The van der Waals surface area contributed by atoms with Crippen LogP contribution >= 0.6 is 0 Å². The van der Waals surface area contributed by atoms with Crippen molar-refractivity contribution in [2.45, 2.75) is 11.8 Å². The van der Waals surface area contributed by atoms with Gasteiger partial charge < -0.3 is 15.4 Å². The number of phenolic OH excluding ortho intramolecular Hbond substituents is 1. The van der Waals surface area contributed by atoms with Crippen LogP contribution in [0.5, 0.6) is 5.75 Å². The van der Waals surface area contributed by atoms with E-state index in [0.29, 0.717) is 0 Å². The number of hydrogen-bond donors (Lipinski definition) is 2. The third kappa shape index (κ3) is 5.52. The summed E-state index contributed by atoms with van der Waals surface area (Å²) in [6.45, 7) is 2.07. The van der Waals surface area contributed by atoms with E-state index >= 15 is 0 Å². The Labute approximate surface area is 112 Å². The summed E-state index contributed by atoms with van der Waals surface area (Å²) in [5.74, 6) is -0.0719. The van der Waals surface area contributed by atoms with Crippen molar-refractivity contribution >= 4 is 15.8 Å². The quantitative estimate of drug-likeness (QED) is 0.765. The lowest BCUT2D eigenvalue weighted by Gasteiger charge is -2.05. The molecule has 4 N–H and O–H groups in total. The highest BCUT2D eigenvalue weighted by atomic mass is 32.2. The molecule has 6 heteroatoms. The van der Waals surface area contributed by atoms with Gasteiger partial charge in [0.1, 0.15) is 21.6 Å². The lowest BCUT2D eigenvalue weighted by atomic mass is 10.2. The molecule has 0 saturated carbocycles. The highest BCUT2D eigenvalue weighted by Crippen LogP contribution is 2.13. The molecule has 0 aliphatic rings. The molecule has 0 heterocycles. The number of quaternary nitrogens is 1. The summed E-state index contributed by atoms with van der Waals surface area (Å²) < 4.78 is 30.9. The van der Waals surface area contributed by atoms with E-state index in [-0.39, 0.29) is 10.6 Å². The molecule has 0 fully saturated rings. The molecule has 2 rings (SSSR count). The number of hydrogen-bond acceptors (Lipinski definition) is 4. The molecule has 5 nitrogen and oxygen atoms in total. The number of rotatable bonds is 1. The third-order valence-corrected chi connectivity index (χ3v) is 3.10. The van der Waals surface area contributed by atoms with Crippen LogP contribution in [-0.2, 0) is 10.1 Å². The van der Waals surface area contributed by atoms with Gasteiger partial charge in [-0.3, -0.25) is 0 Å². The molecule has 0 radical (unpaired) electrons. The second kappa shape index (κ2) is 6.33. The van der Waals surface area contributed by atoms with Gasteiger partial charge in [0, 0.05) is 0 Å². The highest BCUT2D eigenvalue weighted by Gasteiger charge is 1.98. The van der Waals surface area contributed by atoms with Crippen LogP contribution in [0.25, 0.3) is 0 Å². The Kier molecular flexibility index (Phi) is 5.05. The van der Waals surface area contributed by atoms with Crippen LogP contribution in [0.3, 0.4) is 0 Å². The van der Waals surface area contributed by atoms with E-state index in [2.05, 4.69) is 24.8 Å². The van der Waals surface area contributed by atoms with E-state index in [1.807, 2.05) is 12.1 Å². The van der Waals surface area contributed by atoms with Crippen molar-refractivity contribution in [3.63, 3.8) is 0 Å². The minimum Gasteiger partial charge on any atom is -0.744 e. The van der Waals surface area contributed by atoms with Crippen LogP contribution in [-0.4, -0.2) is 18.1 Å². The van der Waals surface area contributed by atoms with Gasteiger partial charge in [0.25, 0.3) is 0 Å². The van der Waals surface area contributed by atoms with Crippen molar-refractivity contribution in [2.24, 2.45) is 0 Å². The summed E-state index contributed by atoms with van der Waals surface area (Å²) in [7, 11) is -4.38. The van der Waals surface area contributed by atoms with Gasteiger partial charge in [0.2, 0.25) is 0 Å². The van der Waals surface area contributed by atoms with Crippen LogP contribution in [0.2, 0.25) is 0 Å². The van der Waals surface area contributed by atoms with E-state index < -0.39 is 10.1 Å². The average Bonchev–Trinajstić information content (AvgIpc) is 2.33. The van der Waals surface area contributed by atoms with E-state index in [4.69, 9.17) is 5.11 Å². The monoisotopic (exact) mass is 281 g/mol. The number of aryl methyl sites for hydroxylation is 1. The summed E-state index contributed by atoms with van der Waals surface area (Å²) in [4.78, 5) is -0.338. The molecule has 0 spiro atoms. The van der Waals surface area contributed by atoms with Crippen molar-refractivity contribution < 1.29 is 23.8 Å². The summed E-state index contributed by atoms with van der Waals surface area (Å²) in [5, 5.41) is 8.73. The van der Waals surface area contributed by atoms with Crippen LogP contribution in [0.1, 0.15) is 5.56 Å². The van der Waals surface area contributed by atoms with Crippen molar-refractivity contribution in [3.8, 4) is 5.75 Å². The minimum absolute atomic E-state index is 0.0719. The van der Waals surface area contributed by atoms with E-state index in [9.17, 15) is 13.0 Å². The van der Waals surface area contributed by atoms with Crippen LogP contribution in [0.15, 0.2) is 53.4 Å². The summed E-state index contributed by atoms with van der Waals surface area (Å²) in [6, 6.07) is 12.5. The maximum atomic E-state index is 10.3. The molecule has 0 unspecified atom stereocenters. The largest absolute Gasteiger partial charge is 0.744 e. The standard InChI is InChI=1S/C7H9N.C6H6O4S/c1-6-2-4-7(8)5-3-6;7-5-1-3-6(4-2-5)11(8,9)10/h2-5H,8H2,1H3;1-4,7H,(H,8,9,10). The maximum absolute atomic E-state index is 10.3. The first kappa shape index (κ1) is 15.2. The fraction of sp³-hybridized carbons (Fsp3) is 0.0769. The molecule has 2 aromatic carbocycles. The van der Waals surface area contributed by atoms with E-state index in [0.717, 1.165) is 30.0 Å². The third-order valence-electron chi connectivity index (χ3n) is 2.25. The van der Waals surface area contributed by atoms with Gasteiger partial charge in [-0.05, 0) is 43.3 Å². The Bertz CT molecular complexity index is 598. The van der Waals surface area contributed by atoms with Gasteiger partial charge in [0.15, 0.2) is 0 Å². The lowest BCUT2D eigenvalue weighted by Crippen LogP contribution is -2.39. The molecule has 0 aromatic heterocycles. The lowest BCUT2D eigenvalue weighted by molar-refractivity contribution is -0.254. The molecule has 0 saturated heterocycles. The molecule has 0 atom stereocenters. The maximum Gasteiger partial charge on any atom is 0.127 e. The molecule has 0 aliphatic carbocycles. The zero-order chi connectivity index (χ0) is 14.5. The highest BCUT2D eigenvalue weighted by molar-refractivity contribution is 7.85. The first-order valence-corrected chi connectivity index (χ1v) is 6.83. The van der Waals surface area contributed by atoms with Crippen molar-refractivity contribution in [1.82, 2.24) is 0 Å². The molecule has 2 aromatic rings. The minimum atomic E-state index is -4.38. The zero-order valence-corrected chi connectivity index (χ0v) is 11.2. The Morgan fingerprint density at radius 2 is 1.47 bits per heavy atom. The summed E-state index contributed by atoms with van der Waals surface area (Å²) in [6.07, 6.45) is 0. The van der Waals surface area contributed by atoms with Gasteiger partial charge in [0.05, 0.1) is 4.90 Å². The predicted molar refractivity (Wildman–Crippen MR) is 69.8 cm³/mol. The fourth-order valence-corrected chi connectivity index (χ4v) is 1.67. The van der Waals surface area contributed by atoms with Gasteiger partial charge in [-0.2, -0.15) is 0 Å². The molecule has 0 bridgehead atoms. The Hall–Kier alpha value is -1.89. The smallest absolute Gasteiger partial charge is 0.127 e.